The van der Waals surface area contributed by atoms with Crippen molar-refractivity contribution in [3.8, 4) is 17.4 Å². The van der Waals surface area contributed by atoms with Crippen molar-refractivity contribution in [1.82, 2.24) is 9.97 Å². The number of carbonyl (C=O) groups excluding carboxylic acids is 1. The molecule has 8 heteroatoms. The maximum atomic E-state index is 11.5. The van der Waals surface area contributed by atoms with Crippen LogP contribution in [0, 0.1) is 3.57 Å². The van der Waals surface area contributed by atoms with Crippen LogP contribution in [0.2, 0.25) is 0 Å². The van der Waals surface area contributed by atoms with Crippen molar-refractivity contribution >= 4 is 28.5 Å². The molecule has 0 aliphatic carbocycles. The molecule has 0 atom stereocenters. The smallest absolute Gasteiger partial charge is 0.268 e. The van der Waals surface area contributed by atoms with Gasteiger partial charge in [0.2, 0.25) is 11.8 Å². The molecule has 2 rings (SSSR count). The molecule has 20 heavy (non-hydrogen) atoms. The third-order valence-corrected chi connectivity index (χ3v) is 3.37. The van der Waals surface area contributed by atoms with Crippen molar-refractivity contribution in [3.05, 3.63) is 44.0 Å². The van der Waals surface area contributed by atoms with E-state index < -0.39 is 5.91 Å². The average molecular weight is 387 g/mol. The molecule has 0 aliphatic rings. The van der Waals surface area contributed by atoms with Crippen molar-refractivity contribution in [2.75, 3.05) is 7.11 Å². The number of rotatable bonds is 4. The molecule has 0 fully saturated rings. The summed E-state index contributed by atoms with van der Waals surface area (Å²) in [5, 5.41) is 0. The van der Waals surface area contributed by atoms with Crippen molar-refractivity contribution < 1.29 is 14.3 Å². The Labute approximate surface area is 127 Å². The van der Waals surface area contributed by atoms with Gasteiger partial charge in [-0.15, -0.1) is 0 Å². The lowest BCUT2D eigenvalue weighted by Crippen LogP contribution is -2.12. The SMILES string of the molecule is COc1cc(C(N)=O)ccc1Oc1nc[nH]c(=O)c1I. The minimum absolute atomic E-state index is 0.152. The van der Waals surface area contributed by atoms with Crippen LogP contribution in [0.25, 0.3) is 0 Å². The number of nitrogens with two attached hydrogens (primary N) is 1. The van der Waals surface area contributed by atoms with Crippen LogP contribution in [-0.4, -0.2) is 23.0 Å². The van der Waals surface area contributed by atoms with Gasteiger partial charge in [-0.3, -0.25) is 9.59 Å². The van der Waals surface area contributed by atoms with Gasteiger partial charge < -0.3 is 20.2 Å². The first-order chi connectivity index (χ1) is 9.52. The number of hydrogen-bond acceptors (Lipinski definition) is 5. The molecular formula is C12H10IN3O4. The van der Waals surface area contributed by atoms with Crippen LogP contribution in [0.15, 0.2) is 29.3 Å². The van der Waals surface area contributed by atoms with Crippen molar-refractivity contribution in [2.45, 2.75) is 0 Å². The van der Waals surface area contributed by atoms with E-state index >= 15 is 0 Å². The fourth-order valence-corrected chi connectivity index (χ4v) is 1.85. The topological polar surface area (TPSA) is 107 Å². The molecule has 1 aromatic heterocycles. The summed E-state index contributed by atoms with van der Waals surface area (Å²) in [7, 11) is 1.43. The number of nitrogens with zero attached hydrogens (tertiary/aromatic N) is 1. The Bertz CT molecular complexity index is 714. The highest BCUT2D eigenvalue weighted by molar-refractivity contribution is 14.1. The second-order valence-electron chi connectivity index (χ2n) is 3.68. The van der Waals surface area contributed by atoms with Crippen LogP contribution in [0.5, 0.6) is 17.4 Å². The van der Waals surface area contributed by atoms with Gasteiger partial charge in [-0.2, -0.15) is 0 Å². The van der Waals surface area contributed by atoms with E-state index in [-0.39, 0.29) is 11.4 Å². The number of aromatic amines is 1. The average Bonchev–Trinajstić information content (AvgIpc) is 2.44. The molecular weight excluding hydrogens is 377 g/mol. The first-order valence-corrected chi connectivity index (χ1v) is 6.49. The van der Waals surface area contributed by atoms with E-state index in [1.807, 2.05) is 22.6 Å². The maximum absolute atomic E-state index is 11.5. The van der Waals surface area contributed by atoms with E-state index in [9.17, 15) is 9.59 Å². The molecule has 0 aliphatic heterocycles. The normalized spacial score (nSPS) is 10.1. The lowest BCUT2D eigenvalue weighted by molar-refractivity contribution is 0.1000. The lowest BCUT2D eigenvalue weighted by atomic mass is 10.2. The summed E-state index contributed by atoms with van der Waals surface area (Å²) in [6.45, 7) is 0. The molecule has 0 radical (unpaired) electrons. The summed E-state index contributed by atoms with van der Waals surface area (Å²) in [6, 6.07) is 4.48. The second kappa shape index (κ2) is 5.90. The quantitative estimate of drug-likeness (QED) is 0.769. The number of nitrogens with one attached hydrogen (secondary N) is 1. The number of methoxy groups -OCH3 is 1. The summed E-state index contributed by atoms with van der Waals surface area (Å²) in [4.78, 5) is 28.9. The van der Waals surface area contributed by atoms with Crippen molar-refractivity contribution in [2.24, 2.45) is 5.73 Å². The van der Waals surface area contributed by atoms with Crippen LogP contribution < -0.4 is 20.8 Å². The zero-order chi connectivity index (χ0) is 14.7. The number of ether oxygens (including phenoxy) is 2. The molecule has 0 unspecified atom stereocenters. The van der Waals surface area contributed by atoms with E-state index in [4.69, 9.17) is 15.2 Å². The summed E-state index contributed by atoms with van der Waals surface area (Å²) in [5.74, 6) is 0.228. The van der Waals surface area contributed by atoms with E-state index in [0.29, 0.717) is 20.6 Å². The molecule has 0 saturated heterocycles. The van der Waals surface area contributed by atoms with E-state index in [1.54, 1.807) is 0 Å². The highest BCUT2D eigenvalue weighted by atomic mass is 127. The van der Waals surface area contributed by atoms with Gasteiger partial charge >= 0.3 is 0 Å². The second-order valence-corrected chi connectivity index (χ2v) is 4.76. The molecule has 3 N–H and O–H groups in total. The van der Waals surface area contributed by atoms with E-state index in [1.165, 1.54) is 31.6 Å². The maximum Gasteiger partial charge on any atom is 0.268 e. The Kier molecular flexibility index (Phi) is 4.23. The number of primary amides is 1. The van der Waals surface area contributed by atoms with E-state index in [0.717, 1.165) is 0 Å². The predicted molar refractivity (Wildman–Crippen MR) is 79.2 cm³/mol. The highest BCUT2D eigenvalue weighted by Crippen LogP contribution is 2.32. The standard InChI is InChI=1S/C12H10IN3O4/c1-19-8-4-6(10(14)17)2-3-7(8)20-12-9(13)11(18)15-5-16-12/h2-5H,1H3,(H2,14,17)(H,15,16,18). The number of aromatic nitrogens is 2. The first-order valence-electron chi connectivity index (χ1n) is 5.42. The number of H-pyrrole nitrogens is 1. The van der Waals surface area contributed by atoms with Crippen molar-refractivity contribution in [1.29, 1.82) is 0 Å². The van der Waals surface area contributed by atoms with Crippen LogP contribution in [0.4, 0.5) is 0 Å². The fourth-order valence-electron chi connectivity index (χ4n) is 1.45. The minimum Gasteiger partial charge on any atom is -0.493 e. The van der Waals surface area contributed by atoms with Gasteiger partial charge in [-0.1, -0.05) is 0 Å². The summed E-state index contributed by atoms with van der Waals surface area (Å²) < 4.78 is 11.0. The van der Waals surface area contributed by atoms with E-state index in [2.05, 4.69) is 9.97 Å². The van der Waals surface area contributed by atoms with Crippen LogP contribution in [0.3, 0.4) is 0 Å². The van der Waals surface area contributed by atoms with Crippen LogP contribution in [0.1, 0.15) is 10.4 Å². The number of benzene rings is 1. The zero-order valence-corrected chi connectivity index (χ0v) is 12.5. The molecule has 1 aromatic carbocycles. The number of carbonyl (C=O) groups is 1. The van der Waals surface area contributed by atoms with Gasteiger partial charge in [0.25, 0.3) is 5.56 Å². The largest absolute Gasteiger partial charge is 0.493 e. The van der Waals surface area contributed by atoms with Crippen LogP contribution in [-0.2, 0) is 0 Å². The molecule has 104 valence electrons. The Hall–Kier alpha value is -2.10. The third-order valence-electron chi connectivity index (χ3n) is 2.42. The molecule has 1 heterocycles. The lowest BCUT2D eigenvalue weighted by Gasteiger charge is -2.10. The summed E-state index contributed by atoms with van der Waals surface area (Å²) in [6.07, 6.45) is 1.24. The Balaban J connectivity index is 2.41. The molecule has 0 bridgehead atoms. The van der Waals surface area contributed by atoms with Gasteiger partial charge in [0.1, 0.15) is 3.57 Å². The Morgan fingerprint density at radius 2 is 2.15 bits per heavy atom. The minimum atomic E-state index is -0.571. The number of hydrogen-bond donors (Lipinski definition) is 2. The molecule has 1 amide bonds. The summed E-state index contributed by atoms with van der Waals surface area (Å²) >= 11 is 1.83. The fraction of sp³-hybridized carbons (Fsp3) is 0.0833. The Morgan fingerprint density at radius 3 is 2.80 bits per heavy atom. The number of amides is 1. The third kappa shape index (κ3) is 2.90. The highest BCUT2D eigenvalue weighted by Gasteiger charge is 2.13. The van der Waals surface area contributed by atoms with Gasteiger partial charge in [0.05, 0.1) is 13.4 Å². The zero-order valence-electron chi connectivity index (χ0n) is 10.3. The van der Waals surface area contributed by atoms with Crippen molar-refractivity contribution in [3.63, 3.8) is 0 Å². The van der Waals surface area contributed by atoms with Gasteiger partial charge in [-0.05, 0) is 40.8 Å². The Morgan fingerprint density at radius 1 is 1.40 bits per heavy atom. The molecule has 2 aromatic rings. The first kappa shape index (κ1) is 14.3. The van der Waals surface area contributed by atoms with Gasteiger partial charge in [0, 0.05) is 5.56 Å². The molecule has 0 saturated carbocycles. The monoisotopic (exact) mass is 387 g/mol. The molecule has 0 spiro atoms. The predicted octanol–water partition coefficient (Wildman–Crippen LogP) is 1.27. The van der Waals surface area contributed by atoms with Gasteiger partial charge in [0.15, 0.2) is 11.5 Å². The van der Waals surface area contributed by atoms with Crippen LogP contribution >= 0.6 is 22.6 Å². The van der Waals surface area contributed by atoms with Gasteiger partial charge in [-0.25, -0.2) is 4.98 Å². The molecule has 7 nitrogen and oxygen atoms in total. The number of halogens is 1. The summed E-state index contributed by atoms with van der Waals surface area (Å²) in [5.41, 5.74) is 5.18.